The van der Waals surface area contributed by atoms with E-state index < -0.39 is 0 Å². The van der Waals surface area contributed by atoms with Crippen LogP contribution in [0.15, 0.2) is 22.3 Å². The van der Waals surface area contributed by atoms with Gasteiger partial charge in [-0.2, -0.15) is 0 Å². The Morgan fingerprint density at radius 2 is 2.40 bits per heavy atom. The zero-order valence-electron chi connectivity index (χ0n) is 11.2. The molecule has 0 fully saturated rings. The number of nitrogens with zero attached hydrogens (tertiary/aromatic N) is 3. The number of anilines is 1. The minimum atomic E-state index is -0.309. The average Bonchev–Trinajstić information content (AvgIpc) is 2.81. The number of oxime groups is 1. The van der Waals surface area contributed by atoms with Crippen LogP contribution < -0.4 is 11.3 Å². The molecule has 0 aromatic carbocycles. The van der Waals surface area contributed by atoms with Gasteiger partial charge in [0.2, 0.25) is 0 Å². The summed E-state index contributed by atoms with van der Waals surface area (Å²) in [5, 5.41) is 3.71. The summed E-state index contributed by atoms with van der Waals surface area (Å²) in [4.78, 5) is 23.1. The van der Waals surface area contributed by atoms with Crippen LogP contribution in [-0.4, -0.2) is 34.0 Å². The molecule has 0 saturated heterocycles. The highest BCUT2D eigenvalue weighted by atomic mass is 16.6. The largest absolute Gasteiger partial charge is 0.394 e. The minimum absolute atomic E-state index is 0.264. The molecule has 20 heavy (non-hydrogen) atoms. The van der Waals surface area contributed by atoms with Crippen molar-refractivity contribution in [2.24, 2.45) is 5.16 Å². The predicted octanol–water partition coefficient (Wildman–Crippen LogP) is 0.693. The smallest absolute Gasteiger partial charge is 0.277 e. The zero-order valence-corrected chi connectivity index (χ0v) is 11.2. The lowest BCUT2D eigenvalue weighted by Gasteiger charge is -2.05. The molecule has 0 aliphatic heterocycles. The molecular formula is C12H17N5O3. The predicted molar refractivity (Wildman–Crippen MR) is 75.5 cm³/mol. The number of ether oxygens (including phenoxy) is 1. The van der Waals surface area contributed by atoms with Gasteiger partial charge >= 0.3 is 0 Å². The zero-order chi connectivity index (χ0) is 14.4. The van der Waals surface area contributed by atoms with E-state index in [0.29, 0.717) is 30.1 Å². The Kier molecular flexibility index (Phi) is 4.72. The van der Waals surface area contributed by atoms with Crippen molar-refractivity contribution in [1.29, 1.82) is 0 Å². The van der Waals surface area contributed by atoms with Crippen molar-refractivity contribution in [1.82, 2.24) is 14.5 Å². The monoisotopic (exact) mass is 279 g/mol. The lowest BCUT2D eigenvalue weighted by atomic mass is 10.4. The molecule has 0 radical (unpaired) electrons. The first kappa shape index (κ1) is 14.1. The number of aromatic nitrogens is 3. The van der Waals surface area contributed by atoms with E-state index in [1.165, 1.54) is 6.33 Å². The van der Waals surface area contributed by atoms with E-state index in [-0.39, 0.29) is 12.3 Å². The summed E-state index contributed by atoms with van der Waals surface area (Å²) < 4.78 is 7.12. The summed E-state index contributed by atoms with van der Waals surface area (Å²) in [5.74, 6) is 0.293. The van der Waals surface area contributed by atoms with Crippen molar-refractivity contribution >= 4 is 23.1 Å². The molecule has 0 spiro atoms. The fraction of sp³-hybridized carbons (Fsp3) is 0.417. The molecule has 0 saturated carbocycles. The molecule has 2 rings (SSSR count). The molecule has 0 unspecified atom stereocenters. The summed E-state index contributed by atoms with van der Waals surface area (Å²) in [7, 11) is 0. The van der Waals surface area contributed by atoms with Gasteiger partial charge in [-0.1, -0.05) is 12.1 Å². The molecule has 0 aliphatic carbocycles. The number of nitrogen functional groups attached to an aromatic ring is 1. The van der Waals surface area contributed by atoms with Gasteiger partial charge in [-0.05, 0) is 6.42 Å². The van der Waals surface area contributed by atoms with Gasteiger partial charge in [-0.25, -0.2) is 4.98 Å². The van der Waals surface area contributed by atoms with Crippen LogP contribution in [0.25, 0.3) is 11.0 Å². The third-order valence-electron chi connectivity index (χ3n) is 2.52. The highest BCUT2D eigenvalue weighted by Crippen LogP contribution is 2.10. The molecule has 0 atom stereocenters. The van der Waals surface area contributed by atoms with Gasteiger partial charge in [0.25, 0.3) is 5.56 Å². The van der Waals surface area contributed by atoms with Gasteiger partial charge in [-0.3, -0.25) is 4.79 Å². The SMILES string of the molecule is CC/C=N/OCCOCn1cnc2c(=O)[nH]c(N)cc21. The summed E-state index contributed by atoms with van der Waals surface area (Å²) in [5.41, 5.74) is 6.27. The van der Waals surface area contributed by atoms with Gasteiger partial charge in [0.05, 0.1) is 18.5 Å². The topological polar surface area (TPSA) is 108 Å². The Balaban J connectivity index is 1.91. The molecule has 0 amide bonds. The molecule has 108 valence electrons. The number of rotatable bonds is 7. The van der Waals surface area contributed by atoms with Crippen LogP contribution in [0, 0.1) is 0 Å². The fourth-order valence-electron chi connectivity index (χ4n) is 1.63. The number of imidazole rings is 1. The molecule has 2 aromatic rings. The van der Waals surface area contributed by atoms with E-state index in [4.69, 9.17) is 15.3 Å². The van der Waals surface area contributed by atoms with E-state index in [1.807, 2.05) is 6.92 Å². The Morgan fingerprint density at radius 3 is 3.20 bits per heavy atom. The van der Waals surface area contributed by atoms with Crippen molar-refractivity contribution < 1.29 is 9.57 Å². The maximum absolute atomic E-state index is 11.6. The van der Waals surface area contributed by atoms with E-state index in [2.05, 4.69) is 15.1 Å². The van der Waals surface area contributed by atoms with Crippen LogP contribution in [0.5, 0.6) is 0 Å². The highest BCUT2D eigenvalue weighted by Gasteiger charge is 2.07. The summed E-state index contributed by atoms with van der Waals surface area (Å²) in [6, 6.07) is 1.65. The van der Waals surface area contributed by atoms with Crippen LogP contribution in [0.4, 0.5) is 5.82 Å². The summed E-state index contributed by atoms with van der Waals surface area (Å²) in [6.07, 6.45) is 4.05. The first-order chi connectivity index (χ1) is 9.72. The molecule has 0 bridgehead atoms. The number of pyridine rings is 1. The molecule has 3 N–H and O–H groups in total. The quantitative estimate of drug-likeness (QED) is 0.440. The van der Waals surface area contributed by atoms with E-state index >= 15 is 0 Å². The number of hydrogen-bond donors (Lipinski definition) is 2. The lowest BCUT2D eigenvalue weighted by molar-refractivity contribution is 0.0223. The summed E-state index contributed by atoms with van der Waals surface area (Å²) >= 11 is 0. The van der Waals surface area contributed by atoms with Crippen LogP contribution in [0.2, 0.25) is 0 Å². The highest BCUT2D eigenvalue weighted by molar-refractivity contribution is 5.76. The Labute approximate surface area is 115 Å². The number of hydrogen-bond acceptors (Lipinski definition) is 6. The van der Waals surface area contributed by atoms with Crippen LogP contribution in [0.1, 0.15) is 13.3 Å². The van der Waals surface area contributed by atoms with Crippen molar-refractivity contribution in [3.8, 4) is 0 Å². The number of nitrogens with two attached hydrogens (primary N) is 1. The maximum Gasteiger partial charge on any atom is 0.277 e. The normalized spacial score (nSPS) is 11.4. The first-order valence-electron chi connectivity index (χ1n) is 6.27. The number of nitrogens with one attached hydrogen (secondary N) is 1. The average molecular weight is 279 g/mol. The maximum atomic E-state index is 11.6. The number of aromatic amines is 1. The van der Waals surface area contributed by atoms with Gasteiger partial charge < -0.3 is 24.9 Å². The second-order valence-corrected chi connectivity index (χ2v) is 4.07. The third kappa shape index (κ3) is 3.35. The van der Waals surface area contributed by atoms with Crippen LogP contribution >= 0.6 is 0 Å². The van der Waals surface area contributed by atoms with Gasteiger partial charge in [0.15, 0.2) is 5.52 Å². The molecule has 2 heterocycles. The second-order valence-electron chi connectivity index (χ2n) is 4.07. The Hall–Kier alpha value is -2.35. The molecular weight excluding hydrogens is 262 g/mol. The molecule has 2 aromatic heterocycles. The Bertz CT molecular complexity index is 646. The van der Waals surface area contributed by atoms with Crippen molar-refractivity contribution in [2.45, 2.75) is 20.1 Å². The van der Waals surface area contributed by atoms with Gasteiger partial charge in [0.1, 0.15) is 19.2 Å². The fourth-order valence-corrected chi connectivity index (χ4v) is 1.63. The van der Waals surface area contributed by atoms with E-state index in [1.54, 1.807) is 16.8 Å². The van der Waals surface area contributed by atoms with E-state index in [0.717, 1.165) is 6.42 Å². The summed E-state index contributed by atoms with van der Waals surface area (Å²) in [6.45, 7) is 2.99. The van der Waals surface area contributed by atoms with Gasteiger partial charge in [0, 0.05) is 12.3 Å². The first-order valence-corrected chi connectivity index (χ1v) is 6.27. The third-order valence-corrected chi connectivity index (χ3v) is 2.52. The van der Waals surface area contributed by atoms with Crippen LogP contribution in [0.3, 0.4) is 0 Å². The van der Waals surface area contributed by atoms with Crippen LogP contribution in [-0.2, 0) is 16.3 Å². The molecule has 0 aliphatic rings. The molecule has 8 nitrogen and oxygen atoms in total. The molecule has 8 heteroatoms. The minimum Gasteiger partial charge on any atom is -0.394 e. The van der Waals surface area contributed by atoms with Gasteiger partial charge in [-0.15, -0.1) is 0 Å². The lowest BCUT2D eigenvalue weighted by Crippen LogP contribution is -2.10. The van der Waals surface area contributed by atoms with Crippen molar-refractivity contribution in [3.05, 3.63) is 22.7 Å². The van der Waals surface area contributed by atoms with Crippen molar-refractivity contribution in [2.75, 3.05) is 18.9 Å². The number of H-pyrrole nitrogens is 1. The van der Waals surface area contributed by atoms with E-state index in [9.17, 15) is 4.79 Å². The Morgan fingerprint density at radius 1 is 1.55 bits per heavy atom. The number of fused-ring (bicyclic) bond motifs is 1. The second kappa shape index (κ2) is 6.71. The standard InChI is InChI=1S/C12H17N5O3/c1-2-3-15-20-5-4-19-8-17-7-14-11-9(17)6-10(13)16-12(11)18/h3,6-7H,2,4-5,8H2,1H3,(H3,13,16,18)/b15-3+. The van der Waals surface area contributed by atoms with Crippen molar-refractivity contribution in [3.63, 3.8) is 0 Å².